The van der Waals surface area contributed by atoms with Crippen LogP contribution in [-0.4, -0.2) is 61.6 Å². The summed E-state index contributed by atoms with van der Waals surface area (Å²) < 4.78 is 42.4. The first-order valence-electron chi connectivity index (χ1n) is 7.75. The predicted molar refractivity (Wildman–Crippen MR) is 105 cm³/mol. The van der Waals surface area contributed by atoms with Crippen LogP contribution in [0.15, 0.2) is 24.3 Å². The van der Waals surface area contributed by atoms with E-state index in [0.29, 0.717) is 32.7 Å². The van der Waals surface area contributed by atoms with Crippen molar-refractivity contribution in [3.05, 3.63) is 35.4 Å². The van der Waals surface area contributed by atoms with Gasteiger partial charge in [-0.3, -0.25) is 14.6 Å². The van der Waals surface area contributed by atoms with Crippen LogP contribution in [-0.2, 0) is 22.3 Å². The van der Waals surface area contributed by atoms with E-state index in [1.54, 1.807) is 0 Å². The first-order chi connectivity index (χ1) is 11.3. The van der Waals surface area contributed by atoms with Gasteiger partial charge in [0.05, 0.1) is 12.7 Å². The lowest BCUT2D eigenvalue weighted by Gasteiger charge is -2.37. The van der Waals surface area contributed by atoms with Gasteiger partial charge in [0.15, 0.2) is 0 Å². The molecule has 2 rings (SSSR count). The van der Waals surface area contributed by atoms with Crippen molar-refractivity contribution in [1.82, 2.24) is 9.80 Å². The van der Waals surface area contributed by atoms with E-state index in [9.17, 15) is 18.0 Å². The number of ether oxygens (including phenoxy) is 1. The molecule has 1 saturated heterocycles. The molecule has 158 valence electrons. The van der Waals surface area contributed by atoms with E-state index in [1.165, 1.54) is 19.2 Å². The van der Waals surface area contributed by atoms with E-state index in [-0.39, 0.29) is 49.7 Å². The number of hydrogen-bond acceptors (Lipinski definition) is 5. The first kappa shape index (κ1) is 28.4. The molecule has 0 saturated carbocycles. The number of alkyl halides is 3. The van der Waals surface area contributed by atoms with Crippen LogP contribution in [0.1, 0.15) is 11.1 Å². The summed E-state index contributed by atoms with van der Waals surface area (Å²) >= 11 is 0. The summed E-state index contributed by atoms with van der Waals surface area (Å²) in [4.78, 5) is 15.8. The number of hydrogen-bond donors (Lipinski definition) is 1. The van der Waals surface area contributed by atoms with Gasteiger partial charge in [-0.2, -0.15) is 13.2 Å². The summed E-state index contributed by atoms with van der Waals surface area (Å²) in [6, 6.07) is 4.78. The van der Waals surface area contributed by atoms with Gasteiger partial charge in [-0.05, 0) is 17.7 Å². The molecule has 1 aliphatic heterocycles. The molecule has 0 aliphatic carbocycles. The maximum atomic E-state index is 12.6. The standard InChI is InChI=1S/C16H22F3N3O2.3ClH/c1-24-15(23)14(10-20)22-8-6-21(7-9-22)11-12-2-4-13(5-3-12)16(17,18)19;;;/h2-5,14H,6-11,20H2,1H3;3*1H/t14-;;;/m0.../s1. The minimum Gasteiger partial charge on any atom is -0.468 e. The Hall–Kier alpha value is -0.770. The number of rotatable bonds is 5. The first-order valence-corrected chi connectivity index (χ1v) is 7.75. The van der Waals surface area contributed by atoms with E-state index >= 15 is 0 Å². The van der Waals surface area contributed by atoms with Crippen molar-refractivity contribution < 1.29 is 22.7 Å². The van der Waals surface area contributed by atoms with Crippen LogP contribution in [0.3, 0.4) is 0 Å². The molecule has 0 bridgehead atoms. The quantitative estimate of drug-likeness (QED) is 0.693. The Kier molecular flexibility index (Phi) is 13.3. The Bertz CT molecular complexity index is 554. The van der Waals surface area contributed by atoms with E-state index in [4.69, 9.17) is 10.5 Å². The monoisotopic (exact) mass is 453 g/mol. The predicted octanol–water partition coefficient (Wildman–Crippen LogP) is 2.59. The van der Waals surface area contributed by atoms with Gasteiger partial charge in [-0.1, -0.05) is 12.1 Å². The molecular formula is C16H25Cl3F3N3O2. The second kappa shape index (κ2) is 12.6. The number of nitrogens with two attached hydrogens (primary N) is 1. The second-order valence-corrected chi connectivity index (χ2v) is 5.78. The zero-order chi connectivity index (χ0) is 17.7. The average molecular weight is 455 g/mol. The fourth-order valence-electron chi connectivity index (χ4n) is 2.82. The molecule has 1 fully saturated rings. The largest absolute Gasteiger partial charge is 0.468 e. The van der Waals surface area contributed by atoms with Crippen LogP contribution in [0.4, 0.5) is 13.2 Å². The highest BCUT2D eigenvalue weighted by molar-refractivity contribution is 5.86. The minimum atomic E-state index is -4.31. The lowest BCUT2D eigenvalue weighted by atomic mass is 10.1. The SMILES string of the molecule is COC(=O)[C@H](CN)N1CCN(Cc2ccc(C(F)(F)F)cc2)CC1.Cl.Cl.Cl. The molecule has 1 aliphatic rings. The molecule has 1 aromatic carbocycles. The minimum absolute atomic E-state index is 0. The average Bonchev–Trinajstić information content (AvgIpc) is 2.56. The normalized spacial score (nSPS) is 16.3. The lowest BCUT2D eigenvalue weighted by molar-refractivity contribution is -0.147. The lowest BCUT2D eigenvalue weighted by Crippen LogP contribution is -2.55. The van der Waals surface area contributed by atoms with Gasteiger partial charge in [0, 0.05) is 39.3 Å². The second-order valence-electron chi connectivity index (χ2n) is 5.78. The molecule has 1 atom stereocenters. The highest BCUT2D eigenvalue weighted by Crippen LogP contribution is 2.29. The number of carbonyl (C=O) groups is 1. The van der Waals surface area contributed by atoms with Crippen LogP contribution in [0, 0.1) is 0 Å². The molecule has 11 heteroatoms. The molecule has 0 spiro atoms. The highest BCUT2D eigenvalue weighted by Gasteiger charge is 2.30. The summed E-state index contributed by atoms with van der Waals surface area (Å²) in [6.45, 7) is 3.54. The smallest absolute Gasteiger partial charge is 0.416 e. The molecule has 0 amide bonds. The molecule has 1 heterocycles. The van der Waals surface area contributed by atoms with Gasteiger partial charge in [0.25, 0.3) is 0 Å². The van der Waals surface area contributed by atoms with Gasteiger partial charge < -0.3 is 10.5 Å². The van der Waals surface area contributed by atoms with E-state index in [1.807, 2.05) is 4.90 Å². The Balaban J connectivity index is 0. The zero-order valence-corrected chi connectivity index (χ0v) is 17.2. The highest BCUT2D eigenvalue weighted by atomic mass is 35.5. The third-order valence-corrected chi connectivity index (χ3v) is 4.23. The molecule has 0 unspecified atom stereocenters. The molecule has 0 aromatic heterocycles. The summed E-state index contributed by atoms with van der Waals surface area (Å²) in [5, 5.41) is 0. The molecule has 1 aromatic rings. The molecule has 0 radical (unpaired) electrons. The van der Waals surface area contributed by atoms with Gasteiger partial charge in [0.1, 0.15) is 6.04 Å². The Morgan fingerprint density at radius 3 is 2.04 bits per heavy atom. The van der Waals surface area contributed by atoms with Crippen LogP contribution in [0.25, 0.3) is 0 Å². The van der Waals surface area contributed by atoms with Crippen LogP contribution in [0.5, 0.6) is 0 Å². The zero-order valence-electron chi connectivity index (χ0n) is 14.8. The number of halogens is 6. The van der Waals surface area contributed by atoms with Crippen LogP contribution >= 0.6 is 37.2 Å². The van der Waals surface area contributed by atoms with E-state index < -0.39 is 17.8 Å². The molecule has 2 N–H and O–H groups in total. The molecular weight excluding hydrogens is 430 g/mol. The fraction of sp³-hybridized carbons (Fsp3) is 0.562. The van der Waals surface area contributed by atoms with Crippen molar-refractivity contribution in [1.29, 1.82) is 0 Å². The van der Waals surface area contributed by atoms with Crippen molar-refractivity contribution in [2.24, 2.45) is 5.73 Å². The number of piperazine rings is 1. The van der Waals surface area contributed by atoms with Crippen LogP contribution < -0.4 is 5.73 Å². The van der Waals surface area contributed by atoms with Crippen molar-refractivity contribution in [3.8, 4) is 0 Å². The summed E-state index contributed by atoms with van der Waals surface area (Å²) in [7, 11) is 1.34. The van der Waals surface area contributed by atoms with E-state index in [0.717, 1.165) is 17.7 Å². The summed E-state index contributed by atoms with van der Waals surface area (Å²) in [5.74, 6) is -0.339. The Labute approximate surface area is 175 Å². The Morgan fingerprint density at radius 1 is 1.11 bits per heavy atom. The van der Waals surface area contributed by atoms with Gasteiger partial charge in [0.2, 0.25) is 0 Å². The maximum absolute atomic E-state index is 12.6. The maximum Gasteiger partial charge on any atom is 0.416 e. The van der Waals surface area contributed by atoms with Gasteiger partial charge in [-0.25, -0.2) is 0 Å². The number of benzene rings is 1. The van der Waals surface area contributed by atoms with Gasteiger partial charge in [-0.15, -0.1) is 37.2 Å². The third kappa shape index (κ3) is 8.01. The third-order valence-electron chi connectivity index (χ3n) is 4.23. The Morgan fingerprint density at radius 2 is 1.63 bits per heavy atom. The fourth-order valence-corrected chi connectivity index (χ4v) is 2.82. The summed E-state index contributed by atoms with van der Waals surface area (Å²) in [5.41, 5.74) is 5.83. The number of esters is 1. The van der Waals surface area contributed by atoms with Gasteiger partial charge >= 0.3 is 12.1 Å². The van der Waals surface area contributed by atoms with Crippen molar-refractivity contribution in [3.63, 3.8) is 0 Å². The van der Waals surface area contributed by atoms with Crippen LogP contribution in [0.2, 0.25) is 0 Å². The topological polar surface area (TPSA) is 58.8 Å². The number of methoxy groups -OCH3 is 1. The summed E-state index contributed by atoms with van der Waals surface area (Å²) in [6.07, 6.45) is -4.31. The van der Waals surface area contributed by atoms with Crippen molar-refractivity contribution in [2.45, 2.75) is 18.8 Å². The van der Waals surface area contributed by atoms with E-state index in [2.05, 4.69) is 4.90 Å². The molecule has 5 nitrogen and oxygen atoms in total. The van der Waals surface area contributed by atoms with Crippen molar-refractivity contribution in [2.75, 3.05) is 39.8 Å². The number of nitrogens with zero attached hydrogens (tertiary/aromatic N) is 2. The molecule has 27 heavy (non-hydrogen) atoms. The number of carbonyl (C=O) groups excluding carboxylic acids is 1. The van der Waals surface area contributed by atoms with Crippen molar-refractivity contribution >= 4 is 43.2 Å².